The topological polar surface area (TPSA) is 104 Å². The minimum Gasteiger partial charge on any atom is -0.478 e. The van der Waals surface area contributed by atoms with E-state index in [-0.39, 0.29) is 17.0 Å². The highest BCUT2D eigenvalue weighted by Gasteiger charge is 2.20. The molecule has 0 aliphatic carbocycles. The summed E-state index contributed by atoms with van der Waals surface area (Å²) in [6, 6.07) is 3.80. The monoisotopic (exact) mass is 300 g/mol. The number of sulfonamides is 1. The van der Waals surface area contributed by atoms with Crippen molar-refractivity contribution < 1.29 is 23.1 Å². The smallest absolute Gasteiger partial charge is 0.335 e. The molecule has 0 unspecified atom stereocenters. The molecule has 0 radical (unpaired) electrons. The molecule has 1 rings (SSSR count). The fourth-order valence-electron chi connectivity index (χ4n) is 1.42. The molecule has 0 aliphatic heterocycles. The van der Waals surface area contributed by atoms with Crippen molar-refractivity contribution in [1.29, 1.82) is 0 Å². The van der Waals surface area contributed by atoms with Crippen LogP contribution in [0.4, 0.5) is 0 Å². The van der Waals surface area contributed by atoms with E-state index in [0.29, 0.717) is 5.56 Å². The summed E-state index contributed by atoms with van der Waals surface area (Å²) in [5.41, 5.74) is 0.273. The summed E-state index contributed by atoms with van der Waals surface area (Å²) in [4.78, 5) is 23.4. The number of amides is 1. The normalized spacial score (nSPS) is 11.2. The lowest BCUT2D eigenvalue weighted by molar-refractivity contribution is -0.127. The van der Waals surface area contributed by atoms with Gasteiger partial charge in [0.05, 0.1) is 17.0 Å². The first-order valence-electron chi connectivity index (χ1n) is 5.69. The Labute approximate surface area is 117 Å². The fraction of sp³-hybridized carbons (Fsp3) is 0.333. The number of rotatable bonds is 5. The van der Waals surface area contributed by atoms with E-state index in [0.717, 1.165) is 6.07 Å². The minimum atomic E-state index is -3.94. The van der Waals surface area contributed by atoms with Crippen LogP contribution in [0, 0.1) is 6.92 Å². The summed E-state index contributed by atoms with van der Waals surface area (Å²) in [6.45, 7) is 1.17. The summed E-state index contributed by atoms with van der Waals surface area (Å²) in [5.74, 6) is -1.62. The molecular formula is C12H16N2O5S. The second-order valence-electron chi connectivity index (χ2n) is 4.40. The number of hydrogen-bond acceptors (Lipinski definition) is 4. The van der Waals surface area contributed by atoms with Gasteiger partial charge in [-0.3, -0.25) is 4.79 Å². The summed E-state index contributed by atoms with van der Waals surface area (Å²) in [5, 5.41) is 8.88. The summed E-state index contributed by atoms with van der Waals surface area (Å²) in [6.07, 6.45) is 0. The number of carbonyl (C=O) groups excluding carboxylic acids is 1. The van der Waals surface area contributed by atoms with E-state index in [4.69, 9.17) is 5.11 Å². The Morgan fingerprint density at radius 2 is 1.90 bits per heavy atom. The second-order valence-corrected chi connectivity index (χ2v) is 6.13. The molecule has 0 bridgehead atoms. The van der Waals surface area contributed by atoms with Gasteiger partial charge in [0.1, 0.15) is 0 Å². The third-order valence-electron chi connectivity index (χ3n) is 2.64. The quantitative estimate of drug-likeness (QED) is 0.800. The Kier molecular flexibility index (Phi) is 4.85. The van der Waals surface area contributed by atoms with Crippen LogP contribution < -0.4 is 4.72 Å². The van der Waals surface area contributed by atoms with Crippen LogP contribution in [0.2, 0.25) is 0 Å². The Balaban J connectivity index is 3.06. The van der Waals surface area contributed by atoms with Gasteiger partial charge >= 0.3 is 5.97 Å². The molecule has 0 fully saturated rings. The van der Waals surface area contributed by atoms with Crippen molar-refractivity contribution in [2.45, 2.75) is 11.8 Å². The molecule has 2 N–H and O–H groups in total. The molecule has 0 saturated carbocycles. The van der Waals surface area contributed by atoms with Crippen molar-refractivity contribution in [3.05, 3.63) is 29.3 Å². The minimum absolute atomic E-state index is 0.130. The molecule has 7 nitrogen and oxygen atoms in total. The predicted molar refractivity (Wildman–Crippen MR) is 72.0 cm³/mol. The maximum atomic E-state index is 12.1. The van der Waals surface area contributed by atoms with Gasteiger partial charge in [0, 0.05) is 14.1 Å². The van der Waals surface area contributed by atoms with E-state index in [1.54, 1.807) is 6.92 Å². The maximum Gasteiger partial charge on any atom is 0.335 e. The number of aromatic carboxylic acids is 1. The number of aryl methyl sites for hydroxylation is 1. The molecule has 0 atom stereocenters. The fourth-order valence-corrected chi connectivity index (χ4v) is 2.66. The number of likely N-dealkylation sites (N-methyl/N-ethyl adjacent to an activating group) is 1. The third kappa shape index (κ3) is 3.78. The van der Waals surface area contributed by atoms with Crippen LogP contribution in [0.1, 0.15) is 15.9 Å². The SMILES string of the molecule is Cc1ccc(C(=O)O)cc1S(=O)(=O)NCC(=O)N(C)C. The molecular weight excluding hydrogens is 284 g/mol. The number of benzene rings is 1. The van der Waals surface area contributed by atoms with Gasteiger partial charge < -0.3 is 10.0 Å². The van der Waals surface area contributed by atoms with Crippen LogP contribution in [-0.4, -0.2) is 50.9 Å². The van der Waals surface area contributed by atoms with Gasteiger partial charge in [-0.1, -0.05) is 6.07 Å². The van der Waals surface area contributed by atoms with E-state index in [1.807, 2.05) is 0 Å². The van der Waals surface area contributed by atoms with Crippen LogP contribution in [-0.2, 0) is 14.8 Å². The third-order valence-corrected chi connectivity index (χ3v) is 4.18. The van der Waals surface area contributed by atoms with Gasteiger partial charge in [0.2, 0.25) is 15.9 Å². The second kappa shape index (κ2) is 6.02. The van der Waals surface area contributed by atoms with Crippen molar-refractivity contribution >= 4 is 21.9 Å². The van der Waals surface area contributed by atoms with E-state index in [2.05, 4.69) is 4.72 Å². The Morgan fingerprint density at radius 1 is 1.30 bits per heavy atom. The maximum absolute atomic E-state index is 12.1. The first-order chi connectivity index (χ1) is 9.15. The zero-order chi connectivity index (χ0) is 15.5. The lowest BCUT2D eigenvalue weighted by Crippen LogP contribution is -2.36. The van der Waals surface area contributed by atoms with Crippen LogP contribution in [0.5, 0.6) is 0 Å². The van der Waals surface area contributed by atoms with Crippen LogP contribution in [0.25, 0.3) is 0 Å². The number of nitrogens with zero attached hydrogens (tertiary/aromatic N) is 1. The highest BCUT2D eigenvalue weighted by atomic mass is 32.2. The molecule has 0 saturated heterocycles. The van der Waals surface area contributed by atoms with Gasteiger partial charge in [0.15, 0.2) is 0 Å². The van der Waals surface area contributed by atoms with E-state index >= 15 is 0 Å². The lowest BCUT2D eigenvalue weighted by Gasteiger charge is -2.12. The molecule has 8 heteroatoms. The molecule has 0 heterocycles. The van der Waals surface area contributed by atoms with Crippen molar-refractivity contribution in [2.24, 2.45) is 0 Å². The molecule has 0 aliphatic rings. The molecule has 1 aromatic rings. The van der Waals surface area contributed by atoms with Gasteiger partial charge in [-0.2, -0.15) is 0 Å². The predicted octanol–water partition coefficient (Wildman–Crippen LogP) is 0.0597. The zero-order valence-electron chi connectivity index (χ0n) is 11.4. The number of hydrogen-bond donors (Lipinski definition) is 2. The molecule has 0 aromatic heterocycles. The van der Waals surface area contributed by atoms with Crippen molar-refractivity contribution in [3.8, 4) is 0 Å². The highest BCUT2D eigenvalue weighted by molar-refractivity contribution is 7.89. The van der Waals surface area contributed by atoms with E-state index in [1.165, 1.54) is 31.1 Å². The van der Waals surface area contributed by atoms with E-state index in [9.17, 15) is 18.0 Å². The van der Waals surface area contributed by atoms with Crippen molar-refractivity contribution in [2.75, 3.05) is 20.6 Å². The standard InChI is InChI=1S/C12H16N2O5S/c1-8-4-5-9(12(16)17)6-10(8)20(18,19)13-7-11(15)14(2)3/h4-6,13H,7H2,1-3H3,(H,16,17). The zero-order valence-corrected chi connectivity index (χ0v) is 12.2. The van der Waals surface area contributed by atoms with Crippen molar-refractivity contribution in [1.82, 2.24) is 9.62 Å². The Hall–Kier alpha value is -1.93. The van der Waals surface area contributed by atoms with Crippen LogP contribution in [0.3, 0.4) is 0 Å². The number of carboxylic acids is 1. The largest absolute Gasteiger partial charge is 0.478 e. The molecule has 110 valence electrons. The summed E-state index contributed by atoms with van der Waals surface area (Å²) >= 11 is 0. The number of carboxylic acid groups (broad SMARTS) is 1. The van der Waals surface area contributed by atoms with Gasteiger partial charge in [-0.05, 0) is 24.6 Å². The highest BCUT2D eigenvalue weighted by Crippen LogP contribution is 2.17. The first-order valence-corrected chi connectivity index (χ1v) is 7.17. The average Bonchev–Trinajstić information content (AvgIpc) is 2.35. The van der Waals surface area contributed by atoms with Crippen LogP contribution >= 0.6 is 0 Å². The average molecular weight is 300 g/mol. The van der Waals surface area contributed by atoms with Gasteiger partial charge in [-0.15, -0.1) is 0 Å². The lowest BCUT2D eigenvalue weighted by atomic mass is 10.1. The number of carbonyl (C=O) groups is 2. The summed E-state index contributed by atoms with van der Waals surface area (Å²) in [7, 11) is -0.923. The molecule has 1 aromatic carbocycles. The van der Waals surface area contributed by atoms with E-state index < -0.39 is 21.9 Å². The Morgan fingerprint density at radius 3 is 2.40 bits per heavy atom. The molecule has 1 amide bonds. The van der Waals surface area contributed by atoms with Gasteiger partial charge in [0.25, 0.3) is 0 Å². The van der Waals surface area contributed by atoms with Crippen LogP contribution in [0.15, 0.2) is 23.1 Å². The van der Waals surface area contributed by atoms with Gasteiger partial charge in [-0.25, -0.2) is 17.9 Å². The van der Waals surface area contributed by atoms with Crippen molar-refractivity contribution in [3.63, 3.8) is 0 Å². The molecule has 20 heavy (non-hydrogen) atoms. The molecule has 0 spiro atoms. The summed E-state index contributed by atoms with van der Waals surface area (Å²) < 4.78 is 26.3. The number of nitrogens with one attached hydrogen (secondary N) is 1. The first kappa shape index (κ1) is 16.1. The Bertz CT molecular complexity index is 637.